The summed E-state index contributed by atoms with van der Waals surface area (Å²) in [5, 5.41) is 0. The van der Waals surface area contributed by atoms with Crippen LogP contribution in [0.3, 0.4) is 0 Å². The predicted molar refractivity (Wildman–Crippen MR) is 69.6 cm³/mol. The molecule has 0 unspecified atom stereocenters. The summed E-state index contributed by atoms with van der Waals surface area (Å²) in [6, 6.07) is 12.6. The molecule has 0 aliphatic heterocycles. The van der Waals surface area contributed by atoms with Gasteiger partial charge in [-0.15, -0.1) is 0 Å². The second kappa shape index (κ2) is 4.91. The van der Waals surface area contributed by atoms with Gasteiger partial charge in [0.05, 0.1) is 5.69 Å². The lowest BCUT2D eigenvalue weighted by Gasteiger charge is -2.03. The first kappa shape index (κ1) is 11.5. The molecule has 0 aliphatic carbocycles. The summed E-state index contributed by atoms with van der Waals surface area (Å²) in [5.41, 5.74) is 3.61. The first-order valence-electron chi connectivity index (χ1n) is 5.53. The third-order valence-corrected chi connectivity index (χ3v) is 2.68. The van der Waals surface area contributed by atoms with Gasteiger partial charge in [0.1, 0.15) is 5.82 Å². The zero-order valence-corrected chi connectivity index (χ0v) is 9.94. The van der Waals surface area contributed by atoms with Crippen molar-refractivity contribution in [3.8, 4) is 0 Å². The fourth-order valence-electron chi connectivity index (χ4n) is 1.72. The highest BCUT2D eigenvalue weighted by atomic mass is 19.1. The normalized spacial score (nSPS) is 11.0. The molecular formula is C15H14FN. The van der Waals surface area contributed by atoms with E-state index < -0.39 is 0 Å². The number of benzene rings is 2. The number of aliphatic imine (C=N–C) groups is 1. The molecule has 0 fully saturated rings. The Kier molecular flexibility index (Phi) is 3.33. The summed E-state index contributed by atoms with van der Waals surface area (Å²) in [5.74, 6) is -0.248. The lowest BCUT2D eigenvalue weighted by molar-refractivity contribution is 0.626. The van der Waals surface area contributed by atoms with E-state index in [2.05, 4.69) is 4.99 Å². The summed E-state index contributed by atoms with van der Waals surface area (Å²) in [6.45, 7) is 4.00. The quantitative estimate of drug-likeness (QED) is 0.682. The molecule has 0 heterocycles. The van der Waals surface area contributed by atoms with Crippen molar-refractivity contribution in [2.45, 2.75) is 13.8 Å². The molecule has 0 aromatic heterocycles. The van der Waals surface area contributed by atoms with E-state index in [0.29, 0.717) is 5.56 Å². The highest BCUT2D eigenvalue weighted by Crippen LogP contribution is 2.22. The van der Waals surface area contributed by atoms with Gasteiger partial charge in [0.2, 0.25) is 0 Å². The Hall–Kier alpha value is -1.96. The maximum absolute atomic E-state index is 13.4. The third kappa shape index (κ3) is 2.59. The van der Waals surface area contributed by atoms with Gasteiger partial charge in [0.25, 0.3) is 0 Å². The molecule has 86 valence electrons. The number of hydrogen-bond acceptors (Lipinski definition) is 1. The van der Waals surface area contributed by atoms with Crippen molar-refractivity contribution in [3.63, 3.8) is 0 Å². The molecule has 2 heteroatoms. The topological polar surface area (TPSA) is 12.4 Å². The van der Waals surface area contributed by atoms with Crippen LogP contribution in [0.2, 0.25) is 0 Å². The SMILES string of the molecule is Cc1cccc(C)c1N=Cc1ccccc1F. The molecular weight excluding hydrogens is 213 g/mol. The van der Waals surface area contributed by atoms with Crippen molar-refractivity contribution in [3.05, 3.63) is 65.0 Å². The van der Waals surface area contributed by atoms with E-state index in [1.807, 2.05) is 32.0 Å². The van der Waals surface area contributed by atoms with Crippen molar-refractivity contribution in [2.24, 2.45) is 4.99 Å². The molecule has 0 radical (unpaired) electrons. The zero-order valence-electron chi connectivity index (χ0n) is 9.94. The molecule has 2 aromatic rings. The minimum absolute atomic E-state index is 0.248. The lowest BCUT2D eigenvalue weighted by Crippen LogP contribution is -1.87. The number of halogens is 1. The van der Waals surface area contributed by atoms with Crippen LogP contribution in [0.25, 0.3) is 0 Å². The monoisotopic (exact) mass is 227 g/mol. The number of rotatable bonds is 2. The van der Waals surface area contributed by atoms with E-state index in [9.17, 15) is 4.39 Å². The predicted octanol–water partition coefficient (Wildman–Crippen LogP) is 4.19. The standard InChI is InChI=1S/C15H14FN/c1-11-6-5-7-12(2)15(11)17-10-13-8-3-4-9-14(13)16/h3-10H,1-2H3. The summed E-state index contributed by atoms with van der Waals surface area (Å²) in [7, 11) is 0. The molecule has 1 nitrogen and oxygen atoms in total. The Balaban J connectivity index is 2.36. The average molecular weight is 227 g/mol. The van der Waals surface area contributed by atoms with Crippen molar-refractivity contribution >= 4 is 11.9 Å². The third-order valence-electron chi connectivity index (χ3n) is 2.68. The van der Waals surface area contributed by atoms with Crippen LogP contribution in [0.4, 0.5) is 10.1 Å². The Morgan fingerprint density at radius 2 is 1.59 bits per heavy atom. The summed E-state index contributed by atoms with van der Waals surface area (Å²) < 4.78 is 13.4. The van der Waals surface area contributed by atoms with Crippen molar-refractivity contribution < 1.29 is 4.39 Å². The van der Waals surface area contributed by atoms with E-state index >= 15 is 0 Å². The van der Waals surface area contributed by atoms with Gasteiger partial charge in [-0.25, -0.2) is 4.39 Å². The molecule has 0 atom stereocenters. The van der Waals surface area contributed by atoms with Crippen LogP contribution in [0.5, 0.6) is 0 Å². The van der Waals surface area contributed by atoms with E-state index in [1.165, 1.54) is 6.07 Å². The number of para-hydroxylation sites is 1. The molecule has 0 N–H and O–H groups in total. The van der Waals surface area contributed by atoms with Gasteiger partial charge in [0, 0.05) is 11.8 Å². The molecule has 0 saturated heterocycles. The fourth-order valence-corrected chi connectivity index (χ4v) is 1.72. The van der Waals surface area contributed by atoms with Crippen LogP contribution in [0.1, 0.15) is 16.7 Å². The maximum atomic E-state index is 13.4. The van der Waals surface area contributed by atoms with E-state index in [4.69, 9.17) is 0 Å². The molecule has 17 heavy (non-hydrogen) atoms. The first-order chi connectivity index (χ1) is 8.18. The number of nitrogens with zero attached hydrogens (tertiary/aromatic N) is 1. The Labute approximate surface area is 101 Å². The summed E-state index contributed by atoms with van der Waals surface area (Å²) in [6.07, 6.45) is 1.57. The Morgan fingerprint density at radius 3 is 2.24 bits per heavy atom. The van der Waals surface area contributed by atoms with Gasteiger partial charge >= 0.3 is 0 Å². The van der Waals surface area contributed by atoms with Crippen LogP contribution in [0, 0.1) is 19.7 Å². The molecule has 0 saturated carbocycles. The highest BCUT2D eigenvalue weighted by molar-refractivity contribution is 5.83. The minimum atomic E-state index is -0.248. The molecule has 0 aliphatic rings. The molecule has 0 spiro atoms. The van der Waals surface area contributed by atoms with Gasteiger partial charge in [-0.1, -0.05) is 36.4 Å². The number of aryl methyl sites for hydroxylation is 2. The molecule has 2 rings (SSSR count). The van der Waals surface area contributed by atoms with Gasteiger partial charge in [-0.05, 0) is 31.0 Å². The van der Waals surface area contributed by atoms with Crippen LogP contribution < -0.4 is 0 Å². The van der Waals surface area contributed by atoms with E-state index in [1.54, 1.807) is 24.4 Å². The second-order valence-corrected chi connectivity index (χ2v) is 4.02. The van der Waals surface area contributed by atoms with E-state index in [-0.39, 0.29) is 5.82 Å². The fraction of sp³-hybridized carbons (Fsp3) is 0.133. The zero-order chi connectivity index (χ0) is 12.3. The maximum Gasteiger partial charge on any atom is 0.131 e. The molecule has 2 aromatic carbocycles. The van der Waals surface area contributed by atoms with Gasteiger partial charge in [-0.3, -0.25) is 4.99 Å². The molecule has 0 amide bonds. The van der Waals surface area contributed by atoms with Crippen LogP contribution in [-0.4, -0.2) is 6.21 Å². The highest BCUT2D eigenvalue weighted by Gasteiger charge is 2.00. The van der Waals surface area contributed by atoms with Crippen molar-refractivity contribution in [2.75, 3.05) is 0 Å². The number of hydrogen-bond donors (Lipinski definition) is 0. The first-order valence-corrected chi connectivity index (χ1v) is 5.53. The Morgan fingerprint density at radius 1 is 0.941 bits per heavy atom. The van der Waals surface area contributed by atoms with Gasteiger partial charge in [0.15, 0.2) is 0 Å². The molecule has 0 bridgehead atoms. The average Bonchev–Trinajstić information content (AvgIpc) is 2.30. The van der Waals surface area contributed by atoms with Crippen LogP contribution >= 0.6 is 0 Å². The summed E-state index contributed by atoms with van der Waals surface area (Å²) >= 11 is 0. The van der Waals surface area contributed by atoms with Crippen molar-refractivity contribution in [1.82, 2.24) is 0 Å². The van der Waals surface area contributed by atoms with Crippen LogP contribution in [-0.2, 0) is 0 Å². The van der Waals surface area contributed by atoms with Crippen molar-refractivity contribution in [1.29, 1.82) is 0 Å². The Bertz CT molecular complexity index is 538. The van der Waals surface area contributed by atoms with Gasteiger partial charge in [-0.2, -0.15) is 0 Å². The van der Waals surface area contributed by atoms with Crippen LogP contribution in [0.15, 0.2) is 47.5 Å². The van der Waals surface area contributed by atoms with Gasteiger partial charge < -0.3 is 0 Å². The smallest absolute Gasteiger partial charge is 0.131 e. The lowest BCUT2D eigenvalue weighted by atomic mass is 10.1. The minimum Gasteiger partial charge on any atom is -0.256 e. The van der Waals surface area contributed by atoms with E-state index in [0.717, 1.165) is 16.8 Å². The largest absolute Gasteiger partial charge is 0.256 e. The second-order valence-electron chi connectivity index (χ2n) is 4.02. The summed E-state index contributed by atoms with van der Waals surface area (Å²) in [4.78, 5) is 4.37.